The van der Waals surface area contributed by atoms with Crippen molar-refractivity contribution in [2.75, 3.05) is 0 Å². The largest absolute Gasteiger partial charge is 0.353 e. The third kappa shape index (κ3) is 4.80. The molecule has 0 atom stereocenters. The van der Waals surface area contributed by atoms with Crippen LogP contribution in [0.2, 0.25) is 0 Å². The molecule has 178 valence electrons. The summed E-state index contributed by atoms with van der Waals surface area (Å²) in [6.45, 7) is 0.122. The van der Waals surface area contributed by atoms with Crippen LogP contribution in [0.1, 0.15) is 36.8 Å². The Kier molecular flexibility index (Phi) is 6.31. The molecule has 1 aromatic heterocycles. The second-order valence-corrected chi connectivity index (χ2v) is 9.05. The van der Waals surface area contributed by atoms with Crippen LogP contribution in [-0.4, -0.2) is 21.1 Å². The molecule has 0 aliphatic heterocycles. The number of hydrogen-bond acceptors (Lipinski definition) is 3. The van der Waals surface area contributed by atoms with E-state index in [9.17, 15) is 18.8 Å². The predicted octanol–water partition coefficient (Wildman–Crippen LogP) is 3.94. The number of benzene rings is 3. The van der Waals surface area contributed by atoms with Crippen molar-refractivity contribution in [2.24, 2.45) is 0 Å². The molecule has 35 heavy (non-hydrogen) atoms. The summed E-state index contributed by atoms with van der Waals surface area (Å²) in [7, 11) is 0. The number of carbonyl (C=O) groups is 1. The van der Waals surface area contributed by atoms with Crippen LogP contribution in [0.3, 0.4) is 0 Å². The van der Waals surface area contributed by atoms with Crippen molar-refractivity contribution in [2.45, 2.75) is 44.7 Å². The minimum Gasteiger partial charge on any atom is -0.353 e. The van der Waals surface area contributed by atoms with Gasteiger partial charge in [0.15, 0.2) is 0 Å². The minimum absolute atomic E-state index is 0.0232. The van der Waals surface area contributed by atoms with E-state index in [0.717, 1.165) is 35.8 Å². The number of hydrogen-bond donors (Lipinski definition) is 1. The first-order valence-electron chi connectivity index (χ1n) is 11.9. The van der Waals surface area contributed by atoms with Crippen molar-refractivity contribution in [1.29, 1.82) is 0 Å². The van der Waals surface area contributed by atoms with Crippen molar-refractivity contribution in [3.8, 4) is 5.69 Å². The SMILES string of the molecule is O=C(Cc1ccc(-n2c(=O)c3ccccc3n(Cc3cccc(F)c3)c2=O)cc1)NC1CCCC1. The van der Waals surface area contributed by atoms with Gasteiger partial charge >= 0.3 is 5.69 Å². The summed E-state index contributed by atoms with van der Waals surface area (Å²) in [4.78, 5) is 39.2. The molecule has 0 unspecified atom stereocenters. The number of nitrogens with one attached hydrogen (secondary N) is 1. The smallest absolute Gasteiger partial charge is 0.336 e. The third-order valence-corrected chi connectivity index (χ3v) is 6.56. The Morgan fingerprint density at radius 1 is 0.914 bits per heavy atom. The maximum absolute atomic E-state index is 13.8. The Labute approximate surface area is 201 Å². The average molecular weight is 472 g/mol. The first kappa shape index (κ1) is 22.8. The van der Waals surface area contributed by atoms with Gasteiger partial charge in [-0.1, -0.05) is 49.2 Å². The van der Waals surface area contributed by atoms with E-state index in [2.05, 4.69) is 5.32 Å². The van der Waals surface area contributed by atoms with Gasteiger partial charge in [0.1, 0.15) is 5.82 Å². The van der Waals surface area contributed by atoms with Gasteiger partial charge in [0.2, 0.25) is 5.91 Å². The zero-order chi connectivity index (χ0) is 24.4. The lowest BCUT2D eigenvalue weighted by atomic mass is 10.1. The van der Waals surface area contributed by atoms with E-state index in [1.54, 1.807) is 60.7 Å². The predicted molar refractivity (Wildman–Crippen MR) is 133 cm³/mol. The standard InChI is InChI=1S/C28H26FN3O3/c29-21-7-5-6-20(16-21)18-31-25-11-4-3-10-24(25)27(34)32(28(31)35)23-14-12-19(13-15-23)17-26(33)30-22-8-1-2-9-22/h3-7,10-16,22H,1-2,8-9,17-18H2,(H,30,33). The highest BCUT2D eigenvalue weighted by molar-refractivity contribution is 5.79. The lowest BCUT2D eigenvalue weighted by Crippen LogP contribution is -2.39. The summed E-state index contributed by atoms with van der Waals surface area (Å²) >= 11 is 0. The van der Waals surface area contributed by atoms with Crippen molar-refractivity contribution in [3.63, 3.8) is 0 Å². The summed E-state index contributed by atoms with van der Waals surface area (Å²) in [5, 5.41) is 3.46. The molecule has 7 heteroatoms. The number of rotatable bonds is 6. The van der Waals surface area contributed by atoms with Crippen molar-refractivity contribution >= 4 is 16.8 Å². The van der Waals surface area contributed by atoms with Gasteiger partial charge in [-0.3, -0.25) is 14.2 Å². The van der Waals surface area contributed by atoms with Crippen LogP contribution in [0, 0.1) is 5.82 Å². The molecule has 1 fully saturated rings. The Bertz CT molecular complexity index is 1500. The molecule has 0 saturated heterocycles. The van der Waals surface area contributed by atoms with Crippen molar-refractivity contribution in [1.82, 2.24) is 14.5 Å². The Hall–Kier alpha value is -4.00. The molecule has 5 rings (SSSR count). The molecular weight excluding hydrogens is 445 g/mol. The fraction of sp³-hybridized carbons (Fsp3) is 0.250. The van der Waals surface area contributed by atoms with E-state index in [1.165, 1.54) is 16.7 Å². The highest BCUT2D eigenvalue weighted by Gasteiger charge is 2.18. The fourth-order valence-corrected chi connectivity index (χ4v) is 4.82. The first-order chi connectivity index (χ1) is 17.0. The number of nitrogens with zero attached hydrogens (tertiary/aromatic N) is 2. The molecule has 0 spiro atoms. The summed E-state index contributed by atoms with van der Waals surface area (Å²) < 4.78 is 16.4. The summed E-state index contributed by atoms with van der Waals surface area (Å²) in [6, 6.07) is 20.1. The van der Waals surface area contributed by atoms with E-state index in [4.69, 9.17) is 0 Å². The van der Waals surface area contributed by atoms with Crippen molar-refractivity contribution in [3.05, 3.63) is 111 Å². The Morgan fingerprint density at radius 3 is 2.40 bits per heavy atom. The number of halogens is 1. The van der Waals surface area contributed by atoms with Gasteiger partial charge in [-0.2, -0.15) is 0 Å². The molecule has 1 aliphatic carbocycles. The second kappa shape index (κ2) is 9.70. The molecule has 0 bridgehead atoms. The molecule has 1 saturated carbocycles. The number of amides is 1. The summed E-state index contributed by atoms with van der Waals surface area (Å²) in [5.74, 6) is -0.411. The fourth-order valence-electron chi connectivity index (χ4n) is 4.82. The quantitative estimate of drug-likeness (QED) is 0.463. The van der Waals surface area contributed by atoms with Crippen LogP contribution in [0.4, 0.5) is 4.39 Å². The van der Waals surface area contributed by atoms with E-state index < -0.39 is 11.2 Å². The highest BCUT2D eigenvalue weighted by Crippen LogP contribution is 2.18. The normalized spacial score (nSPS) is 13.9. The van der Waals surface area contributed by atoms with Gasteiger partial charge in [-0.25, -0.2) is 13.8 Å². The van der Waals surface area contributed by atoms with Gasteiger partial charge < -0.3 is 5.32 Å². The van der Waals surface area contributed by atoms with E-state index in [-0.39, 0.29) is 30.7 Å². The highest BCUT2D eigenvalue weighted by atomic mass is 19.1. The van der Waals surface area contributed by atoms with Crippen LogP contribution in [0.25, 0.3) is 16.6 Å². The van der Waals surface area contributed by atoms with Crippen LogP contribution in [0.5, 0.6) is 0 Å². The molecule has 1 N–H and O–H groups in total. The zero-order valence-corrected chi connectivity index (χ0v) is 19.2. The first-order valence-corrected chi connectivity index (χ1v) is 11.9. The van der Waals surface area contributed by atoms with Gasteiger partial charge in [0.25, 0.3) is 5.56 Å². The molecular formula is C28H26FN3O3. The average Bonchev–Trinajstić information content (AvgIpc) is 3.36. The number of fused-ring (bicyclic) bond motifs is 1. The lowest BCUT2D eigenvalue weighted by molar-refractivity contribution is -0.121. The molecule has 1 heterocycles. The molecule has 3 aromatic carbocycles. The molecule has 6 nitrogen and oxygen atoms in total. The van der Waals surface area contributed by atoms with Gasteiger partial charge in [-0.05, 0) is 60.4 Å². The monoisotopic (exact) mass is 471 g/mol. The van der Waals surface area contributed by atoms with Crippen LogP contribution in [0.15, 0.2) is 82.4 Å². The molecule has 1 amide bonds. The van der Waals surface area contributed by atoms with Gasteiger partial charge in [0, 0.05) is 6.04 Å². The molecule has 0 radical (unpaired) electrons. The number of aromatic nitrogens is 2. The van der Waals surface area contributed by atoms with Crippen LogP contribution in [-0.2, 0) is 17.8 Å². The number of carbonyl (C=O) groups excluding carboxylic acids is 1. The van der Waals surface area contributed by atoms with E-state index >= 15 is 0 Å². The number of para-hydroxylation sites is 1. The van der Waals surface area contributed by atoms with Crippen LogP contribution >= 0.6 is 0 Å². The maximum Gasteiger partial charge on any atom is 0.336 e. The molecule has 4 aromatic rings. The van der Waals surface area contributed by atoms with E-state index in [1.807, 2.05) is 0 Å². The van der Waals surface area contributed by atoms with Crippen molar-refractivity contribution < 1.29 is 9.18 Å². The van der Waals surface area contributed by atoms with E-state index in [0.29, 0.717) is 22.2 Å². The topological polar surface area (TPSA) is 73.1 Å². The summed E-state index contributed by atoms with van der Waals surface area (Å²) in [6.07, 6.45) is 4.59. The minimum atomic E-state index is -0.510. The molecule has 1 aliphatic rings. The lowest BCUT2D eigenvalue weighted by Gasteiger charge is -2.15. The van der Waals surface area contributed by atoms with Crippen LogP contribution < -0.4 is 16.6 Å². The summed E-state index contributed by atoms with van der Waals surface area (Å²) in [5.41, 5.74) is 1.39. The Morgan fingerprint density at radius 2 is 1.66 bits per heavy atom. The third-order valence-electron chi connectivity index (χ3n) is 6.56. The van der Waals surface area contributed by atoms with Gasteiger partial charge in [-0.15, -0.1) is 0 Å². The zero-order valence-electron chi connectivity index (χ0n) is 19.2. The second-order valence-electron chi connectivity index (χ2n) is 9.05. The van der Waals surface area contributed by atoms with Gasteiger partial charge in [0.05, 0.1) is 29.6 Å². The Balaban J connectivity index is 1.49. The maximum atomic E-state index is 13.8.